The van der Waals surface area contributed by atoms with Gasteiger partial charge in [-0.1, -0.05) is 12.1 Å². The monoisotopic (exact) mass is 399 g/mol. The number of aromatic amines is 1. The number of aryl methyl sites for hydroxylation is 2. The minimum Gasteiger partial charge on any atom is -0.358 e. The van der Waals surface area contributed by atoms with Gasteiger partial charge in [-0.05, 0) is 74.1 Å². The van der Waals surface area contributed by atoms with Crippen LogP contribution in [0, 0.1) is 0 Å². The number of benzene rings is 2. The molecular weight excluding hydrogens is 374 g/mol. The van der Waals surface area contributed by atoms with Crippen LogP contribution in [0.25, 0.3) is 16.6 Å². The lowest BCUT2D eigenvalue weighted by Crippen LogP contribution is -2.29. The van der Waals surface area contributed by atoms with Crippen molar-refractivity contribution >= 4 is 16.8 Å². The Labute approximate surface area is 175 Å². The van der Waals surface area contributed by atoms with E-state index in [1.807, 2.05) is 48.3 Å². The van der Waals surface area contributed by atoms with E-state index in [9.17, 15) is 4.79 Å². The van der Waals surface area contributed by atoms with Crippen LogP contribution in [0.5, 0.6) is 0 Å². The average Bonchev–Trinajstić information content (AvgIpc) is 3.45. The maximum absolute atomic E-state index is 13.2. The molecule has 0 saturated carbocycles. The van der Waals surface area contributed by atoms with E-state index < -0.39 is 0 Å². The molecule has 4 aromatic rings. The third kappa shape index (κ3) is 3.18. The van der Waals surface area contributed by atoms with Crippen molar-refractivity contribution < 1.29 is 4.79 Å². The molecule has 0 spiro atoms. The van der Waals surface area contributed by atoms with E-state index in [2.05, 4.69) is 28.1 Å². The van der Waals surface area contributed by atoms with Gasteiger partial charge in [0.1, 0.15) is 12.7 Å². The van der Waals surface area contributed by atoms with Gasteiger partial charge in [0.25, 0.3) is 5.91 Å². The number of carbonyl (C=O) groups is 1. The first-order valence-electron chi connectivity index (χ1n) is 10.5. The molecule has 1 unspecified atom stereocenters. The van der Waals surface area contributed by atoms with Crippen molar-refractivity contribution in [1.29, 1.82) is 0 Å². The zero-order valence-electron chi connectivity index (χ0n) is 17.3. The molecule has 1 aliphatic carbocycles. The maximum atomic E-state index is 13.2. The van der Waals surface area contributed by atoms with Crippen molar-refractivity contribution in [1.82, 2.24) is 24.6 Å². The molecule has 152 valence electrons. The molecule has 0 radical (unpaired) electrons. The van der Waals surface area contributed by atoms with E-state index in [1.54, 1.807) is 11.0 Å². The summed E-state index contributed by atoms with van der Waals surface area (Å²) in [6, 6.07) is 14.1. The average molecular weight is 399 g/mol. The van der Waals surface area contributed by atoms with Gasteiger partial charge in [0.2, 0.25) is 0 Å². The summed E-state index contributed by atoms with van der Waals surface area (Å²) in [6.45, 7) is 2.05. The molecule has 0 saturated heterocycles. The standard InChI is InChI=1S/C24H25N5O/c1-16(17-7-10-19(11-8-17)29-15-25-14-26-29)28(2)24(30)18-9-12-23-21(13-18)20-5-3-4-6-22(20)27-23/h7-16,27H,3-6H2,1-2H3. The van der Waals surface area contributed by atoms with Crippen molar-refractivity contribution in [3.63, 3.8) is 0 Å². The Bertz CT molecular complexity index is 1190. The van der Waals surface area contributed by atoms with Crippen molar-refractivity contribution in [2.75, 3.05) is 7.05 Å². The first-order chi connectivity index (χ1) is 14.6. The normalized spacial score (nSPS) is 14.5. The van der Waals surface area contributed by atoms with E-state index >= 15 is 0 Å². The van der Waals surface area contributed by atoms with E-state index in [0.717, 1.165) is 35.2 Å². The number of hydrogen-bond acceptors (Lipinski definition) is 3. The van der Waals surface area contributed by atoms with E-state index in [1.165, 1.54) is 35.8 Å². The van der Waals surface area contributed by atoms with Crippen LogP contribution in [0.2, 0.25) is 0 Å². The Balaban J connectivity index is 1.39. The second kappa shape index (κ2) is 7.44. The molecule has 0 aliphatic heterocycles. The summed E-state index contributed by atoms with van der Waals surface area (Å²) in [7, 11) is 1.87. The fourth-order valence-corrected chi connectivity index (χ4v) is 4.39. The molecule has 0 fully saturated rings. The van der Waals surface area contributed by atoms with Gasteiger partial charge in [0, 0.05) is 29.2 Å². The highest BCUT2D eigenvalue weighted by molar-refractivity contribution is 5.99. The summed E-state index contributed by atoms with van der Waals surface area (Å²) in [6.07, 6.45) is 7.85. The van der Waals surface area contributed by atoms with Gasteiger partial charge in [0.05, 0.1) is 11.7 Å². The number of fused-ring (bicyclic) bond motifs is 3. The Morgan fingerprint density at radius 1 is 1.13 bits per heavy atom. The van der Waals surface area contributed by atoms with Gasteiger partial charge in [-0.2, -0.15) is 5.10 Å². The molecule has 2 aromatic heterocycles. The predicted molar refractivity (Wildman–Crippen MR) is 117 cm³/mol. The molecule has 1 amide bonds. The minimum atomic E-state index is -0.0434. The third-order valence-electron chi connectivity index (χ3n) is 6.31. The summed E-state index contributed by atoms with van der Waals surface area (Å²) in [5, 5.41) is 5.36. The SMILES string of the molecule is CC(c1ccc(-n2cncn2)cc1)N(C)C(=O)c1ccc2[nH]c3c(c2c1)CCCC3. The molecule has 2 aromatic carbocycles. The number of amides is 1. The lowest BCUT2D eigenvalue weighted by molar-refractivity contribution is 0.0743. The number of aromatic nitrogens is 4. The molecule has 1 aliphatic rings. The van der Waals surface area contributed by atoms with Gasteiger partial charge in [-0.25, -0.2) is 9.67 Å². The maximum Gasteiger partial charge on any atom is 0.254 e. The molecule has 6 nitrogen and oxygen atoms in total. The number of nitrogens with zero attached hydrogens (tertiary/aromatic N) is 4. The van der Waals surface area contributed by atoms with Crippen LogP contribution in [0.3, 0.4) is 0 Å². The second-order valence-electron chi connectivity index (χ2n) is 8.07. The quantitative estimate of drug-likeness (QED) is 0.551. The summed E-state index contributed by atoms with van der Waals surface area (Å²) in [5.41, 5.74) is 6.64. The van der Waals surface area contributed by atoms with Gasteiger partial charge >= 0.3 is 0 Å². The van der Waals surface area contributed by atoms with Crippen molar-refractivity contribution in [3.05, 3.63) is 77.5 Å². The second-order valence-corrected chi connectivity index (χ2v) is 8.07. The van der Waals surface area contributed by atoms with Gasteiger partial charge in [-0.3, -0.25) is 4.79 Å². The van der Waals surface area contributed by atoms with Gasteiger partial charge < -0.3 is 9.88 Å². The highest BCUT2D eigenvalue weighted by Crippen LogP contribution is 2.30. The first-order valence-corrected chi connectivity index (χ1v) is 10.5. The zero-order valence-corrected chi connectivity index (χ0v) is 17.3. The number of H-pyrrole nitrogens is 1. The van der Waals surface area contributed by atoms with Crippen LogP contribution in [0.4, 0.5) is 0 Å². The third-order valence-corrected chi connectivity index (χ3v) is 6.31. The summed E-state index contributed by atoms with van der Waals surface area (Å²) < 4.78 is 1.72. The van der Waals surface area contributed by atoms with E-state index in [4.69, 9.17) is 0 Å². The Morgan fingerprint density at radius 3 is 2.70 bits per heavy atom. The number of nitrogens with one attached hydrogen (secondary N) is 1. The van der Waals surface area contributed by atoms with Crippen molar-refractivity contribution in [3.8, 4) is 5.69 Å². The molecule has 30 heavy (non-hydrogen) atoms. The van der Waals surface area contributed by atoms with Crippen LogP contribution >= 0.6 is 0 Å². The Kier molecular flexibility index (Phi) is 4.62. The fraction of sp³-hybridized carbons (Fsp3) is 0.292. The molecular formula is C24H25N5O. The van der Waals surface area contributed by atoms with E-state index in [-0.39, 0.29) is 11.9 Å². The van der Waals surface area contributed by atoms with Gasteiger partial charge in [-0.15, -0.1) is 0 Å². The highest BCUT2D eigenvalue weighted by atomic mass is 16.2. The number of rotatable bonds is 4. The van der Waals surface area contributed by atoms with Crippen LogP contribution < -0.4 is 0 Å². The van der Waals surface area contributed by atoms with Crippen LogP contribution in [-0.2, 0) is 12.8 Å². The van der Waals surface area contributed by atoms with Crippen molar-refractivity contribution in [2.24, 2.45) is 0 Å². The lowest BCUT2D eigenvalue weighted by atomic mass is 9.95. The number of carbonyl (C=O) groups excluding carboxylic acids is 1. The predicted octanol–water partition coefficient (Wildman–Crippen LogP) is 4.46. The summed E-state index contributed by atoms with van der Waals surface area (Å²) in [5.74, 6) is 0.0375. The zero-order chi connectivity index (χ0) is 20.7. The topological polar surface area (TPSA) is 66.8 Å². The highest BCUT2D eigenvalue weighted by Gasteiger charge is 2.21. The molecule has 1 atom stereocenters. The lowest BCUT2D eigenvalue weighted by Gasteiger charge is -2.25. The molecule has 5 rings (SSSR count). The smallest absolute Gasteiger partial charge is 0.254 e. The van der Waals surface area contributed by atoms with Crippen LogP contribution in [0.15, 0.2) is 55.1 Å². The molecule has 0 bridgehead atoms. The van der Waals surface area contributed by atoms with Crippen LogP contribution in [0.1, 0.15) is 53.0 Å². The fourth-order valence-electron chi connectivity index (χ4n) is 4.39. The summed E-state index contributed by atoms with van der Waals surface area (Å²) >= 11 is 0. The van der Waals surface area contributed by atoms with E-state index in [0.29, 0.717) is 0 Å². The minimum absolute atomic E-state index is 0.0375. The van der Waals surface area contributed by atoms with Crippen molar-refractivity contribution in [2.45, 2.75) is 38.6 Å². The largest absolute Gasteiger partial charge is 0.358 e. The Hall–Kier alpha value is -3.41. The molecule has 1 N–H and O–H groups in total. The summed E-state index contributed by atoms with van der Waals surface area (Å²) in [4.78, 5) is 22.6. The molecule has 6 heteroatoms. The van der Waals surface area contributed by atoms with Gasteiger partial charge in [0.15, 0.2) is 0 Å². The Morgan fingerprint density at radius 2 is 1.93 bits per heavy atom. The molecule has 2 heterocycles. The van der Waals surface area contributed by atoms with Crippen LogP contribution in [-0.4, -0.2) is 37.6 Å². The number of hydrogen-bond donors (Lipinski definition) is 1. The first kappa shape index (κ1) is 18.6.